The first-order valence-electron chi connectivity index (χ1n) is 12.3. The molecule has 17 nitrogen and oxygen atoms in total. The quantitative estimate of drug-likeness (QED) is 0.0718. The van der Waals surface area contributed by atoms with Crippen molar-refractivity contribution in [3.63, 3.8) is 0 Å². The van der Waals surface area contributed by atoms with Crippen LogP contribution in [-0.4, -0.2) is 53.9 Å². The van der Waals surface area contributed by atoms with Crippen LogP contribution in [0.25, 0.3) is 10.8 Å². The van der Waals surface area contributed by atoms with Crippen LogP contribution in [0.4, 0.5) is 34.6 Å². The van der Waals surface area contributed by atoms with Gasteiger partial charge in [-0.1, -0.05) is 41.6 Å². The first kappa shape index (κ1) is 44.6. The van der Waals surface area contributed by atoms with Crippen molar-refractivity contribution in [2.45, 2.75) is 14.7 Å². The van der Waals surface area contributed by atoms with Gasteiger partial charge in [-0.3, -0.25) is 4.55 Å². The van der Waals surface area contributed by atoms with E-state index in [-0.39, 0.29) is 112 Å². The van der Waals surface area contributed by atoms with E-state index in [1.54, 1.807) is 24.3 Å². The van der Waals surface area contributed by atoms with Crippen LogP contribution in [0.15, 0.2) is 91.6 Å². The third-order valence-corrected chi connectivity index (χ3v) is 9.22. The fourth-order valence-corrected chi connectivity index (χ4v) is 6.42. The number of para-hydroxylation sites is 1. The van der Waals surface area contributed by atoms with Crippen LogP contribution in [0.2, 0.25) is 10.3 Å². The van der Waals surface area contributed by atoms with Gasteiger partial charge in [0.2, 0.25) is 17.2 Å². The molecular formula is C25H14Cl2N7Na3O10S3. The van der Waals surface area contributed by atoms with Crippen LogP contribution in [-0.2, 0) is 30.4 Å². The van der Waals surface area contributed by atoms with E-state index in [2.05, 4.69) is 35.8 Å². The number of hydrogen-bond acceptors (Lipinski definition) is 16. The Morgan fingerprint density at radius 3 is 1.82 bits per heavy atom. The van der Waals surface area contributed by atoms with Gasteiger partial charge >= 0.3 is 88.7 Å². The van der Waals surface area contributed by atoms with E-state index < -0.39 is 72.9 Å². The molecule has 4 aromatic carbocycles. The van der Waals surface area contributed by atoms with Crippen molar-refractivity contribution < 1.29 is 133 Å². The van der Waals surface area contributed by atoms with Gasteiger partial charge in [-0.15, -0.1) is 10.2 Å². The molecule has 50 heavy (non-hydrogen) atoms. The third-order valence-electron chi connectivity index (χ3n) is 6.07. The van der Waals surface area contributed by atoms with Crippen molar-refractivity contribution in [1.82, 2.24) is 15.0 Å². The Balaban J connectivity index is 0.00000289. The van der Waals surface area contributed by atoms with E-state index in [4.69, 9.17) is 23.2 Å². The number of aromatic nitrogens is 3. The number of halogens is 2. The molecule has 1 heterocycles. The Bertz CT molecular complexity index is 2460. The van der Waals surface area contributed by atoms with Gasteiger partial charge < -0.3 is 24.8 Å². The van der Waals surface area contributed by atoms with Crippen molar-refractivity contribution in [3.8, 4) is 5.75 Å². The van der Waals surface area contributed by atoms with Crippen LogP contribution < -0.4 is 104 Å². The first-order chi connectivity index (χ1) is 21.9. The van der Waals surface area contributed by atoms with Crippen LogP contribution in [0.3, 0.4) is 0 Å². The Morgan fingerprint density at radius 1 is 0.680 bits per heavy atom. The summed E-state index contributed by atoms with van der Waals surface area (Å²) in [4.78, 5) is 8.74. The number of nitrogens with one attached hydrogen (secondary N) is 2. The zero-order valence-corrected chi connectivity index (χ0v) is 35.7. The summed E-state index contributed by atoms with van der Waals surface area (Å²) in [5, 5.41) is 24.8. The van der Waals surface area contributed by atoms with Crippen molar-refractivity contribution in [3.05, 3.63) is 77.0 Å². The smallest absolute Gasteiger partial charge is 0.870 e. The standard InChI is InChI=1S/C25H17Cl2N7O10S3.3Na/c26-13-5-1-2-6-14(13)28-24-30-23(27)31-25(32-24)29-16-9-10-17(45(36,37)38)12-11-19(47(42,43)44)21(22(35)20(12)16)34-33-15-7-3-4-8-18(15)46(39,40)41;;;/h1-11,35H,(H,36,37,38)(H,39,40,41)(H,42,43,44)(H2,28,29,30,31,32);;;/q;3*+1/p-3. The first-order valence-corrected chi connectivity index (χ1v) is 17.4. The number of anilines is 4. The summed E-state index contributed by atoms with van der Waals surface area (Å²) in [5.74, 6) is -1.89. The minimum absolute atomic E-state index is 0. The summed E-state index contributed by atoms with van der Waals surface area (Å²) in [7, 11) is -15.9. The van der Waals surface area contributed by atoms with Gasteiger partial charge in [0.1, 0.15) is 30.8 Å². The summed E-state index contributed by atoms with van der Waals surface area (Å²) in [6.07, 6.45) is 0. The second kappa shape index (κ2) is 17.5. The fraction of sp³-hybridized carbons (Fsp3) is 0. The summed E-state index contributed by atoms with van der Waals surface area (Å²) < 4.78 is 106. The van der Waals surface area contributed by atoms with Crippen LogP contribution >= 0.6 is 23.2 Å². The predicted molar refractivity (Wildman–Crippen MR) is 163 cm³/mol. The van der Waals surface area contributed by atoms with Crippen molar-refractivity contribution in [2.75, 3.05) is 10.6 Å². The van der Waals surface area contributed by atoms with E-state index in [0.29, 0.717) is 16.8 Å². The maximum Gasteiger partial charge on any atom is 1.00 e. The fourth-order valence-electron chi connectivity index (χ4n) is 4.15. The Kier molecular flexibility index (Phi) is 15.6. The molecule has 0 radical (unpaired) electrons. The average molecular weight is 809 g/mol. The van der Waals surface area contributed by atoms with Gasteiger partial charge in [0.25, 0.3) is 10.1 Å². The van der Waals surface area contributed by atoms with E-state index >= 15 is 0 Å². The summed E-state index contributed by atoms with van der Waals surface area (Å²) in [5.41, 5.74) is -1.68. The number of nitrogens with zero attached hydrogens (tertiary/aromatic N) is 5. The maximum atomic E-state index is 13.8. The van der Waals surface area contributed by atoms with Gasteiger partial charge in [-0.2, -0.15) is 23.4 Å². The molecule has 0 bridgehead atoms. The summed E-state index contributed by atoms with van der Waals surface area (Å²) in [6.45, 7) is 0. The van der Waals surface area contributed by atoms with Crippen LogP contribution in [0.5, 0.6) is 5.75 Å². The molecule has 0 atom stereocenters. The number of azo groups is 1. The Morgan fingerprint density at radius 2 is 1.24 bits per heavy atom. The molecule has 25 heteroatoms. The van der Waals surface area contributed by atoms with Gasteiger partial charge in [-0.05, 0) is 54.1 Å². The van der Waals surface area contributed by atoms with E-state index in [9.17, 15) is 44.0 Å². The molecule has 5 aromatic rings. The molecule has 244 valence electrons. The molecule has 5 rings (SSSR count). The molecule has 0 spiro atoms. The van der Waals surface area contributed by atoms with Crippen LogP contribution in [0.1, 0.15) is 0 Å². The molecule has 0 aliphatic rings. The minimum Gasteiger partial charge on any atom is -0.870 e. The predicted octanol–water partition coefficient (Wildman–Crippen LogP) is -4.63. The number of fused-ring (bicyclic) bond motifs is 1. The number of benzene rings is 4. The molecule has 0 saturated heterocycles. The molecule has 0 aliphatic heterocycles. The van der Waals surface area contributed by atoms with Gasteiger partial charge in [-0.25, -0.2) is 16.8 Å². The Hall–Kier alpha value is -1.54. The summed E-state index contributed by atoms with van der Waals surface area (Å²) >= 11 is 12.2. The Labute approximate surface area is 360 Å². The number of hydrogen-bond donors (Lipinski definition) is 3. The van der Waals surface area contributed by atoms with Gasteiger partial charge in [0.15, 0.2) is 0 Å². The molecule has 0 aliphatic carbocycles. The largest absolute Gasteiger partial charge is 1.00 e. The molecule has 0 saturated carbocycles. The van der Waals surface area contributed by atoms with E-state index in [1.807, 2.05) is 0 Å². The normalized spacial score (nSPS) is 11.7. The second-order valence-corrected chi connectivity index (χ2v) is 14.0. The van der Waals surface area contributed by atoms with Gasteiger partial charge in [0, 0.05) is 16.5 Å². The van der Waals surface area contributed by atoms with E-state index in [1.165, 1.54) is 12.1 Å². The van der Waals surface area contributed by atoms with Crippen molar-refractivity contribution in [2.24, 2.45) is 10.2 Å². The molecule has 3 N–H and O–H groups in total. The zero-order valence-electron chi connectivity index (χ0n) is 25.7. The molecular weight excluding hydrogens is 794 g/mol. The van der Waals surface area contributed by atoms with Gasteiger partial charge in [0.05, 0.1) is 26.2 Å². The topological polar surface area (TPSA) is 279 Å². The molecule has 0 amide bonds. The maximum absolute atomic E-state index is 13.8. The van der Waals surface area contributed by atoms with Crippen molar-refractivity contribution in [1.29, 1.82) is 0 Å². The average Bonchev–Trinajstić information content (AvgIpc) is 2.96. The molecule has 0 fully saturated rings. The molecule has 1 aromatic heterocycles. The molecule has 0 unspecified atom stereocenters. The summed E-state index contributed by atoms with van der Waals surface area (Å²) in [6, 6.07) is 13.0. The second-order valence-electron chi connectivity index (χ2n) is 9.12. The SMILES string of the molecule is O=S(=O)([O-])c1ccccc1N=Nc1c(S(=O)(=O)O)cc2c(S(=O)(=O)[O-])ccc(Nc3nc(Cl)nc(Nc4ccccc4Cl)n3)c2c1[O-].[Na+].[Na+].[Na+]. The monoisotopic (exact) mass is 807 g/mol. The van der Waals surface area contributed by atoms with E-state index in [0.717, 1.165) is 24.3 Å². The van der Waals surface area contributed by atoms with Crippen LogP contribution in [0, 0.1) is 0 Å². The zero-order chi connectivity index (χ0) is 34.3. The minimum atomic E-state index is -5.39. The third kappa shape index (κ3) is 10.3. The number of rotatable bonds is 9. The van der Waals surface area contributed by atoms with Crippen molar-refractivity contribution >= 4 is 99.0 Å².